The molecule has 5 rings (SSSR count). The summed E-state index contributed by atoms with van der Waals surface area (Å²) in [6, 6.07) is 7.66. The van der Waals surface area contributed by atoms with Crippen LogP contribution in [0.4, 0.5) is 0 Å². The number of nitrogens with zero attached hydrogens (tertiary/aromatic N) is 1. The Balaban J connectivity index is 1.64. The Labute approximate surface area is 181 Å². The fraction of sp³-hybridized carbons (Fsp3) is 0.478. The van der Waals surface area contributed by atoms with E-state index in [0.717, 1.165) is 30.0 Å². The number of ether oxygens (including phenoxy) is 6. The monoisotopic (exact) mass is 429 g/mol. The second-order valence-corrected chi connectivity index (χ2v) is 8.01. The van der Waals surface area contributed by atoms with Gasteiger partial charge in [0.1, 0.15) is 5.75 Å². The van der Waals surface area contributed by atoms with Crippen LogP contribution < -0.4 is 23.7 Å². The Morgan fingerprint density at radius 2 is 1.58 bits per heavy atom. The van der Waals surface area contributed by atoms with Gasteiger partial charge < -0.3 is 33.5 Å². The first kappa shape index (κ1) is 20.1. The standard InChI is InChI=1S/C23H27NO7/c1-13-21(14-8-19(26-2)22(25)20(9-14)27-3)15-10-17-18(30-12-29-17)11-16(15)31-23(13)24-4-6-28-7-5-24/h8-11,13,21,23,25H,4-7,12H2,1-3H3/t13-,21-,23+/m1/s1. The quantitative estimate of drug-likeness (QED) is 0.795. The first-order chi connectivity index (χ1) is 15.1. The summed E-state index contributed by atoms with van der Waals surface area (Å²) in [5.41, 5.74) is 1.98. The lowest BCUT2D eigenvalue weighted by Gasteiger charge is -2.44. The maximum absolute atomic E-state index is 10.4. The van der Waals surface area contributed by atoms with E-state index in [4.69, 9.17) is 28.4 Å². The van der Waals surface area contributed by atoms with Crippen molar-refractivity contribution in [2.45, 2.75) is 19.1 Å². The fourth-order valence-electron chi connectivity index (χ4n) is 4.78. The van der Waals surface area contributed by atoms with Crippen LogP contribution in [0.15, 0.2) is 24.3 Å². The van der Waals surface area contributed by atoms with Crippen molar-refractivity contribution in [1.29, 1.82) is 0 Å². The van der Waals surface area contributed by atoms with Crippen molar-refractivity contribution in [3.8, 4) is 34.5 Å². The zero-order valence-electron chi connectivity index (χ0n) is 17.9. The van der Waals surface area contributed by atoms with Gasteiger partial charge in [-0.1, -0.05) is 6.92 Å². The molecule has 2 aromatic rings. The molecule has 1 saturated heterocycles. The summed E-state index contributed by atoms with van der Waals surface area (Å²) >= 11 is 0. The van der Waals surface area contributed by atoms with E-state index in [-0.39, 0.29) is 30.6 Å². The lowest BCUT2D eigenvalue weighted by molar-refractivity contribution is -0.0784. The lowest BCUT2D eigenvalue weighted by atomic mass is 9.77. The lowest BCUT2D eigenvalue weighted by Crippen LogP contribution is -2.52. The molecule has 166 valence electrons. The van der Waals surface area contributed by atoms with Gasteiger partial charge >= 0.3 is 0 Å². The molecule has 0 aromatic heterocycles. The minimum absolute atomic E-state index is 0.0101. The van der Waals surface area contributed by atoms with Crippen molar-refractivity contribution in [3.63, 3.8) is 0 Å². The molecule has 8 heteroatoms. The van der Waals surface area contributed by atoms with Crippen LogP contribution in [-0.2, 0) is 4.74 Å². The van der Waals surface area contributed by atoms with E-state index in [1.807, 2.05) is 24.3 Å². The van der Waals surface area contributed by atoms with Crippen LogP contribution in [0, 0.1) is 5.92 Å². The van der Waals surface area contributed by atoms with Crippen LogP contribution in [-0.4, -0.2) is 63.6 Å². The first-order valence-electron chi connectivity index (χ1n) is 10.5. The van der Waals surface area contributed by atoms with Crippen LogP contribution in [0.25, 0.3) is 0 Å². The molecule has 31 heavy (non-hydrogen) atoms. The Kier molecular flexibility index (Phi) is 5.19. The van der Waals surface area contributed by atoms with Crippen molar-refractivity contribution < 1.29 is 33.5 Å². The first-order valence-corrected chi connectivity index (χ1v) is 10.5. The van der Waals surface area contributed by atoms with Gasteiger partial charge in [0.25, 0.3) is 0 Å². The van der Waals surface area contributed by atoms with Gasteiger partial charge in [0.15, 0.2) is 29.2 Å². The van der Waals surface area contributed by atoms with Crippen LogP contribution in [0.2, 0.25) is 0 Å². The van der Waals surface area contributed by atoms with Gasteiger partial charge in [0.2, 0.25) is 12.5 Å². The number of morpholine rings is 1. The Morgan fingerprint density at radius 3 is 2.23 bits per heavy atom. The average Bonchev–Trinajstić information content (AvgIpc) is 3.25. The van der Waals surface area contributed by atoms with E-state index in [1.54, 1.807) is 0 Å². The highest BCUT2D eigenvalue weighted by atomic mass is 16.7. The molecule has 0 unspecified atom stereocenters. The zero-order chi connectivity index (χ0) is 21.5. The molecule has 1 fully saturated rings. The summed E-state index contributed by atoms with van der Waals surface area (Å²) < 4.78 is 34.2. The molecular weight excluding hydrogens is 402 g/mol. The molecule has 3 aliphatic heterocycles. The Morgan fingerprint density at radius 1 is 0.935 bits per heavy atom. The van der Waals surface area contributed by atoms with E-state index in [1.165, 1.54) is 14.2 Å². The molecule has 3 heterocycles. The largest absolute Gasteiger partial charge is 0.502 e. The predicted molar refractivity (Wildman–Crippen MR) is 112 cm³/mol. The Bertz CT molecular complexity index is 948. The third kappa shape index (κ3) is 3.40. The third-order valence-electron chi connectivity index (χ3n) is 6.33. The van der Waals surface area contributed by atoms with E-state index >= 15 is 0 Å². The summed E-state index contributed by atoms with van der Waals surface area (Å²) in [4.78, 5) is 2.32. The van der Waals surface area contributed by atoms with Crippen molar-refractivity contribution in [2.75, 3.05) is 47.3 Å². The van der Waals surface area contributed by atoms with E-state index in [0.29, 0.717) is 36.2 Å². The average molecular weight is 429 g/mol. The van der Waals surface area contributed by atoms with Gasteiger partial charge in [-0.3, -0.25) is 4.90 Å². The molecule has 0 saturated carbocycles. The van der Waals surface area contributed by atoms with Crippen LogP contribution in [0.3, 0.4) is 0 Å². The van der Waals surface area contributed by atoms with Gasteiger partial charge in [0, 0.05) is 36.6 Å². The SMILES string of the molecule is COc1cc([C@@H]2c3cc4c(cc3O[C@H](N3CCOCC3)[C@@H]2C)OCO4)cc(OC)c1O. The highest BCUT2D eigenvalue weighted by Gasteiger charge is 2.41. The van der Waals surface area contributed by atoms with Gasteiger partial charge in [-0.25, -0.2) is 0 Å². The minimum Gasteiger partial charge on any atom is -0.502 e. The van der Waals surface area contributed by atoms with E-state index < -0.39 is 0 Å². The maximum Gasteiger partial charge on any atom is 0.231 e. The smallest absolute Gasteiger partial charge is 0.231 e. The molecular formula is C23H27NO7. The number of hydrogen-bond donors (Lipinski definition) is 1. The fourth-order valence-corrected chi connectivity index (χ4v) is 4.78. The molecule has 1 N–H and O–H groups in total. The van der Waals surface area contributed by atoms with Gasteiger partial charge in [-0.05, 0) is 23.8 Å². The molecule has 3 atom stereocenters. The number of phenols is 1. The second-order valence-electron chi connectivity index (χ2n) is 8.01. The number of hydrogen-bond acceptors (Lipinski definition) is 8. The van der Waals surface area contributed by atoms with Gasteiger partial charge in [0.05, 0.1) is 27.4 Å². The molecule has 0 aliphatic carbocycles. The summed E-state index contributed by atoms with van der Waals surface area (Å²) in [6.45, 7) is 5.38. The number of rotatable bonds is 4. The van der Waals surface area contributed by atoms with Crippen LogP contribution >= 0.6 is 0 Å². The number of benzene rings is 2. The van der Waals surface area contributed by atoms with E-state index in [9.17, 15) is 5.11 Å². The highest BCUT2D eigenvalue weighted by molar-refractivity contribution is 5.59. The van der Waals surface area contributed by atoms with Crippen molar-refractivity contribution in [1.82, 2.24) is 4.90 Å². The molecule has 0 amide bonds. The van der Waals surface area contributed by atoms with Crippen molar-refractivity contribution in [3.05, 3.63) is 35.4 Å². The zero-order valence-corrected chi connectivity index (χ0v) is 17.9. The summed E-state index contributed by atoms with van der Waals surface area (Å²) in [7, 11) is 3.07. The molecule has 8 nitrogen and oxygen atoms in total. The summed E-state index contributed by atoms with van der Waals surface area (Å²) in [6.07, 6.45) is -0.132. The number of methoxy groups -OCH3 is 2. The van der Waals surface area contributed by atoms with Gasteiger partial charge in [-0.2, -0.15) is 0 Å². The molecule has 3 aliphatic rings. The maximum atomic E-state index is 10.4. The summed E-state index contributed by atoms with van der Waals surface area (Å²) in [5, 5.41) is 10.4. The number of aromatic hydroxyl groups is 1. The van der Waals surface area contributed by atoms with Crippen molar-refractivity contribution >= 4 is 0 Å². The molecule has 0 radical (unpaired) electrons. The second kappa shape index (κ2) is 8.01. The van der Waals surface area contributed by atoms with Crippen molar-refractivity contribution in [2.24, 2.45) is 5.92 Å². The van der Waals surface area contributed by atoms with E-state index in [2.05, 4.69) is 11.8 Å². The highest BCUT2D eigenvalue weighted by Crippen LogP contribution is 2.51. The normalized spacial score (nSPS) is 24.9. The topological polar surface area (TPSA) is 78.9 Å². The number of fused-ring (bicyclic) bond motifs is 2. The Hall–Kier alpha value is -2.84. The molecule has 0 bridgehead atoms. The summed E-state index contributed by atoms with van der Waals surface area (Å²) in [5.74, 6) is 2.98. The van der Waals surface area contributed by atoms with Crippen LogP contribution in [0.5, 0.6) is 34.5 Å². The molecule has 0 spiro atoms. The minimum atomic E-state index is -0.132. The van der Waals surface area contributed by atoms with Gasteiger partial charge in [-0.15, -0.1) is 0 Å². The van der Waals surface area contributed by atoms with Crippen LogP contribution in [0.1, 0.15) is 24.0 Å². The molecule has 2 aromatic carbocycles. The third-order valence-corrected chi connectivity index (χ3v) is 6.33. The predicted octanol–water partition coefficient (Wildman–Crippen LogP) is 2.96. The number of phenolic OH excluding ortho intramolecular Hbond substituents is 1.